The van der Waals surface area contributed by atoms with Gasteiger partial charge in [0, 0.05) is 25.2 Å². The summed E-state index contributed by atoms with van der Waals surface area (Å²) in [6.45, 7) is 8.39. The molecule has 2 rings (SSSR count). The Hall–Kier alpha value is -0.570. The van der Waals surface area contributed by atoms with Crippen molar-refractivity contribution in [2.24, 2.45) is 17.3 Å². The van der Waals surface area contributed by atoms with Crippen LogP contribution >= 0.6 is 0 Å². The summed E-state index contributed by atoms with van der Waals surface area (Å²) in [5.41, 5.74) is 0.286. The molecule has 1 saturated carbocycles. The third-order valence-corrected chi connectivity index (χ3v) is 4.80. The summed E-state index contributed by atoms with van der Waals surface area (Å²) in [5, 5.41) is 3.35. The van der Waals surface area contributed by atoms with Gasteiger partial charge in [-0.15, -0.1) is 0 Å². The largest absolute Gasteiger partial charge is 0.381 e. The third-order valence-electron chi connectivity index (χ3n) is 4.80. The zero-order chi connectivity index (χ0) is 13.9. The quantitative estimate of drug-likeness (QED) is 0.834. The Labute approximate surface area is 117 Å². The predicted octanol–water partition coefficient (Wildman–Crippen LogP) is 3.13. The van der Waals surface area contributed by atoms with Gasteiger partial charge < -0.3 is 10.1 Å². The summed E-state index contributed by atoms with van der Waals surface area (Å²) in [5.74, 6) is 1.06. The van der Waals surface area contributed by atoms with Gasteiger partial charge in [-0.2, -0.15) is 0 Å². The normalized spacial score (nSPS) is 30.1. The molecule has 1 amide bonds. The maximum absolute atomic E-state index is 12.4. The minimum Gasteiger partial charge on any atom is -0.381 e. The number of ether oxygens (including phenoxy) is 1. The Bertz CT molecular complexity index is 302. The lowest BCUT2D eigenvalue weighted by atomic mass is 9.69. The molecule has 1 aliphatic carbocycles. The third kappa shape index (κ3) is 3.95. The summed E-state index contributed by atoms with van der Waals surface area (Å²) in [4.78, 5) is 12.4. The Balaban J connectivity index is 1.93. The summed E-state index contributed by atoms with van der Waals surface area (Å²) >= 11 is 0. The maximum atomic E-state index is 12.4. The van der Waals surface area contributed by atoms with Crippen LogP contribution in [-0.4, -0.2) is 25.2 Å². The molecular formula is C16H29NO2. The van der Waals surface area contributed by atoms with Crippen molar-refractivity contribution in [2.75, 3.05) is 13.2 Å². The summed E-state index contributed by atoms with van der Waals surface area (Å²) < 4.78 is 5.34. The molecule has 0 unspecified atom stereocenters. The van der Waals surface area contributed by atoms with E-state index in [1.807, 2.05) is 0 Å². The minimum absolute atomic E-state index is 0.177. The van der Waals surface area contributed by atoms with E-state index in [1.165, 1.54) is 19.3 Å². The second-order valence-corrected chi connectivity index (χ2v) is 7.26. The van der Waals surface area contributed by atoms with Gasteiger partial charge in [0.05, 0.1) is 0 Å². The predicted molar refractivity (Wildman–Crippen MR) is 76.9 cm³/mol. The number of hydrogen-bond donors (Lipinski definition) is 1. The standard InChI is InChI=1S/C16H29NO2/c1-16(2,3)13-6-4-5-7-14(13)17-15(18)12-8-10-19-11-9-12/h12-14H,4-11H2,1-3H3,(H,17,18)/t13-,14+/m0/s1. The number of hydrogen-bond acceptors (Lipinski definition) is 2. The second-order valence-electron chi connectivity index (χ2n) is 7.26. The molecule has 110 valence electrons. The van der Waals surface area contributed by atoms with E-state index in [0.717, 1.165) is 32.5 Å². The average molecular weight is 267 g/mol. The lowest BCUT2D eigenvalue weighted by molar-refractivity contribution is -0.129. The van der Waals surface area contributed by atoms with Gasteiger partial charge in [0.1, 0.15) is 0 Å². The van der Waals surface area contributed by atoms with Gasteiger partial charge in [0.2, 0.25) is 5.91 Å². The molecule has 19 heavy (non-hydrogen) atoms. The molecule has 2 aliphatic rings. The Morgan fingerprint density at radius 1 is 1.05 bits per heavy atom. The molecule has 1 aliphatic heterocycles. The molecule has 0 aromatic heterocycles. The van der Waals surface area contributed by atoms with Crippen molar-refractivity contribution >= 4 is 5.91 Å². The minimum atomic E-state index is 0.177. The smallest absolute Gasteiger partial charge is 0.223 e. The van der Waals surface area contributed by atoms with E-state index in [-0.39, 0.29) is 17.2 Å². The fourth-order valence-corrected chi connectivity index (χ4v) is 3.60. The fraction of sp³-hybridized carbons (Fsp3) is 0.938. The fourth-order valence-electron chi connectivity index (χ4n) is 3.60. The number of nitrogens with one attached hydrogen (secondary N) is 1. The van der Waals surface area contributed by atoms with Gasteiger partial charge in [-0.05, 0) is 37.0 Å². The van der Waals surface area contributed by atoms with Crippen molar-refractivity contribution < 1.29 is 9.53 Å². The van der Waals surface area contributed by atoms with Crippen LogP contribution < -0.4 is 5.32 Å². The van der Waals surface area contributed by atoms with E-state index in [1.54, 1.807) is 0 Å². The number of rotatable bonds is 2. The van der Waals surface area contributed by atoms with Crippen LogP contribution in [0.25, 0.3) is 0 Å². The molecule has 2 atom stereocenters. The highest BCUT2D eigenvalue weighted by Crippen LogP contribution is 2.38. The van der Waals surface area contributed by atoms with Crippen LogP contribution in [0.3, 0.4) is 0 Å². The first-order chi connectivity index (χ1) is 8.98. The van der Waals surface area contributed by atoms with Gasteiger partial charge in [-0.3, -0.25) is 4.79 Å². The lowest BCUT2D eigenvalue weighted by Crippen LogP contribution is -2.49. The monoisotopic (exact) mass is 267 g/mol. The van der Waals surface area contributed by atoms with Gasteiger partial charge in [-0.25, -0.2) is 0 Å². The van der Waals surface area contributed by atoms with E-state index in [2.05, 4.69) is 26.1 Å². The van der Waals surface area contributed by atoms with E-state index in [0.29, 0.717) is 12.0 Å². The number of amides is 1. The average Bonchev–Trinajstić information content (AvgIpc) is 2.39. The van der Waals surface area contributed by atoms with E-state index < -0.39 is 0 Å². The molecule has 0 radical (unpaired) electrons. The first-order valence-electron chi connectivity index (χ1n) is 7.86. The van der Waals surface area contributed by atoms with Gasteiger partial charge >= 0.3 is 0 Å². The van der Waals surface area contributed by atoms with E-state index >= 15 is 0 Å². The molecule has 3 nitrogen and oxygen atoms in total. The first kappa shape index (κ1) is 14.8. The lowest BCUT2D eigenvalue weighted by Gasteiger charge is -2.41. The van der Waals surface area contributed by atoms with Crippen molar-refractivity contribution in [3.63, 3.8) is 0 Å². The summed E-state index contributed by atoms with van der Waals surface area (Å²) in [6, 6.07) is 0.379. The van der Waals surface area contributed by atoms with Crippen LogP contribution in [0.5, 0.6) is 0 Å². The molecule has 1 heterocycles. The highest BCUT2D eigenvalue weighted by Gasteiger charge is 2.36. The summed E-state index contributed by atoms with van der Waals surface area (Å²) in [6.07, 6.45) is 6.74. The van der Waals surface area contributed by atoms with Crippen molar-refractivity contribution in [2.45, 2.75) is 65.3 Å². The molecule has 0 aromatic rings. The highest BCUT2D eigenvalue weighted by molar-refractivity contribution is 5.79. The zero-order valence-electron chi connectivity index (χ0n) is 12.7. The van der Waals surface area contributed by atoms with E-state index in [4.69, 9.17) is 4.74 Å². The van der Waals surface area contributed by atoms with Crippen molar-refractivity contribution in [1.29, 1.82) is 0 Å². The van der Waals surface area contributed by atoms with Crippen LogP contribution in [0.15, 0.2) is 0 Å². The van der Waals surface area contributed by atoms with Crippen molar-refractivity contribution in [3.05, 3.63) is 0 Å². The zero-order valence-corrected chi connectivity index (χ0v) is 12.7. The Morgan fingerprint density at radius 2 is 1.68 bits per heavy atom. The van der Waals surface area contributed by atoms with Crippen LogP contribution in [0, 0.1) is 17.3 Å². The second kappa shape index (κ2) is 6.25. The highest BCUT2D eigenvalue weighted by atomic mass is 16.5. The number of carbonyl (C=O) groups excluding carboxylic acids is 1. The van der Waals surface area contributed by atoms with Crippen LogP contribution in [0.4, 0.5) is 0 Å². The molecule has 0 spiro atoms. The van der Waals surface area contributed by atoms with Crippen molar-refractivity contribution in [1.82, 2.24) is 5.32 Å². The Kier molecular flexibility index (Phi) is 4.88. The van der Waals surface area contributed by atoms with Crippen LogP contribution in [-0.2, 0) is 9.53 Å². The van der Waals surface area contributed by atoms with Gasteiger partial charge in [-0.1, -0.05) is 33.6 Å². The van der Waals surface area contributed by atoms with Crippen molar-refractivity contribution in [3.8, 4) is 0 Å². The molecule has 0 aromatic carbocycles. The molecule has 2 fully saturated rings. The molecule has 3 heteroatoms. The first-order valence-corrected chi connectivity index (χ1v) is 7.86. The molecule has 0 bridgehead atoms. The maximum Gasteiger partial charge on any atom is 0.223 e. The summed E-state index contributed by atoms with van der Waals surface area (Å²) in [7, 11) is 0. The van der Waals surface area contributed by atoms with Crippen LogP contribution in [0.1, 0.15) is 59.3 Å². The van der Waals surface area contributed by atoms with Gasteiger partial charge in [0.15, 0.2) is 0 Å². The Morgan fingerprint density at radius 3 is 2.32 bits per heavy atom. The SMILES string of the molecule is CC(C)(C)[C@H]1CCCC[C@H]1NC(=O)C1CCOCC1. The van der Waals surface area contributed by atoms with E-state index in [9.17, 15) is 4.79 Å². The molecule has 1 N–H and O–H groups in total. The molecule has 1 saturated heterocycles. The van der Waals surface area contributed by atoms with Gasteiger partial charge in [0.25, 0.3) is 0 Å². The number of carbonyl (C=O) groups is 1. The molecular weight excluding hydrogens is 238 g/mol. The van der Waals surface area contributed by atoms with Crippen LogP contribution in [0.2, 0.25) is 0 Å². The topological polar surface area (TPSA) is 38.3 Å².